The quantitative estimate of drug-likeness (QED) is 0.680. The molecule has 0 atom stereocenters. The van der Waals surface area contributed by atoms with Gasteiger partial charge in [-0.25, -0.2) is 0 Å². The summed E-state index contributed by atoms with van der Waals surface area (Å²) in [5, 5.41) is 2.62. The summed E-state index contributed by atoms with van der Waals surface area (Å²) < 4.78 is 5.75. The topological polar surface area (TPSA) is 9.23 Å². The van der Waals surface area contributed by atoms with Gasteiger partial charge in [0, 0.05) is 0 Å². The third-order valence-corrected chi connectivity index (χ3v) is 3.09. The van der Waals surface area contributed by atoms with Gasteiger partial charge in [0.15, 0.2) is 0 Å². The maximum atomic E-state index is 5.75. The van der Waals surface area contributed by atoms with Crippen LogP contribution >= 0.6 is 0 Å². The molecule has 0 aromatic heterocycles. The van der Waals surface area contributed by atoms with Crippen molar-refractivity contribution in [3.05, 3.63) is 42.0 Å². The zero-order valence-corrected chi connectivity index (χ0v) is 10.7. The zero-order valence-electron chi connectivity index (χ0n) is 10.7. The van der Waals surface area contributed by atoms with Crippen molar-refractivity contribution in [2.45, 2.75) is 33.1 Å². The summed E-state index contributed by atoms with van der Waals surface area (Å²) in [7, 11) is 0. The second-order valence-electron chi connectivity index (χ2n) is 4.36. The van der Waals surface area contributed by atoms with Gasteiger partial charge in [0.25, 0.3) is 0 Å². The highest BCUT2D eigenvalue weighted by atomic mass is 16.5. The molecular formula is C16H20O. The van der Waals surface area contributed by atoms with E-state index in [1.807, 2.05) is 0 Å². The summed E-state index contributed by atoms with van der Waals surface area (Å²) in [5.41, 5.74) is 1.39. The lowest BCUT2D eigenvalue weighted by Crippen LogP contribution is -1.96. The first-order valence-corrected chi connectivity index (χ1v) is 6.49. The fourth-order valence-corrected chi connectivity index (χ4v) is 2.05. The minimum atomic E-state index is 0.816. The minimum Gasteiger partial charge on any atom is -0.494 e. The van der Waals surface area contributed by atoms with E-state index in [9.17, 15) is 0 Å². The SMILES string of the molecule is CCCCOc1ccc2cccc(CC)c2c1. The Morgan fingerprint density at radius 2 is 1.94 bits per heavy atom. The van der Waals surface area contributed by atoms with E-state index in [4.69, 9.17) is 4.74 Å². The average Bonchev–Trinajstić information content (AvgIpc) is 2.38. The second kappa shape index (κ2) is 5.72. The highest BCUT2D eigenvalue weighted by Crippen LogP contribution is 2.24. The molecule has 2 aromatic carbocycles. The van der Waals surface area contributed by atoms with Crippen molar-refractivity contribution in [2.24, 2.45) is 0 Å². The van der Waals surface area contributed by atoms with Crippen LogP contribution in [0.1, 0.15) is 32.3 Å². The van der Waals surface area contributed by atoms with Crippen LogP contribution in [0.3, 0.4) is 0 Å². The number of rotatable bonds is 5. The number of hydrogen-bond donors (Lipinski definition) is 0. The van der Waals surface area contributed by atoms with Gasteiger partial charge in [-0.1, -0.05) is 44.5 Å². The lowest BCUT2D eigenvalue weighted by atomic mass is 10.0. The maximum absolute atomic E-state index is 5.75. The molecule has 0 N–H and O–H groups in total. The number of hydrogen-bond acceptors (Lipinski definition) is 1. The van der Waals surface area contributed by atoms with Gasteiger partial charge in [-0.2, -0.15) is 0 Å². The summed E-state index contributed by atoms with van der Waals surface area (Å²) in [4.78, 5) is 0. The Hall–Kier alpha value is -1.50. The predicted octanol–water partition coefficient (Wildman–Crippen LogP) is 4.58. The minimum absolute atomic E-state index is 0.816. The van der Waals surface area contributed by atoms with Gasteiger partial charge in [-0.3, -0.25) is 0 Å². The maximum Gasteiger partial charge on any atom is 0.119 e. The second-order valence-corrected chi connectivity index (χ2v) is 4.36. The van der Waals surface area contributed by atoms with E-state index in [1.165, 1.54) is 22.8 Å². The molecule has 0 spiro atoms. The molecule has 90 valence electrons. The van der Waals surface area contributed by atoms with E-state index in [1.54, 1.807) is 0 Å². The summed E-state index contributed by atoms with van der Waals surface area (Å²) in [5.74, 6) is 0.992. The first kappa shape index (κ1) is 12.0. The molecule has 0 aliphatic rings. The van der Waals surface area contributed by atoms with Crippen molar-refractivity contribution in [1.29, 1.82) is 0 Å². The number of ether oxygens (including phenoxy) is 1. The monoisotopic (exact) mass is 228 g/mol. The molecule has 0 aliphatic heterocycles. The number of aryl methyl sites for hydroxylation is 1. The molecular weight excluding hydrogens is 208 g/mol. The van der Waals surface area contributed by atoms with E-state index in [0.717, 1.165) is 25.2 Å². The molecule has 0 amide bonds. The first-order chi connectivity index (χ1) is 8.35. The van der Waals surface area contributed by atoms with Crippen LogP contribution in [0.5, 0.6) is 5.75 Å². The van der Waals surface area contributed by atoms with E-state index in [2.05, 4.69) is 50.2 Å². The Bertz CT molecular complexity index is 488. The highest BCUT2D eigenvalue weighted by Gasteiger charge is 2.01. The van der Waals surface area contributed by atoms with Gasteiger partial charge in [-0.05, 0) is 41.3 Å². The van der Waals surface area contributed by atoms with Gasteiger partial charge in [0.1, 0.15) is 5.75 Å². The van der Waals surface area contributed by atoms with Gasteiger partial charge >= 0.3 is 0 Å². The smallest absolute Gasteiger partial charge is 0.119 e. The lowest BCUT2D eigenvalue weighted by Gasteiger charge is -2.09. The van der Waals surface area contributed by atoms with Gasteiger partial charge < -0.3 is 4.74 Å². The summed E-state index contributed by atoms with van der Waals surface area (Å²) in [6.45, 7) is 5.19. The van der Waals surface area contributed by atoms with Crippen molar-refractivity contribution in [3.63, 3.8) is 0 Å². The van der Waals surface area contributed by atoms with Gasteiger partial charge in [-0.15, -0.1) is 0 Å². The third kappa shape index (κ3) is 2.79. The Kier molecular flexibility index (Phi) is 4.03. The van der Waals surface area contributed by atoms with Crippen LogP contribution in [0.15, 0.2) is 36.4 Å². The van der Waals surface area contributed by atoms with Crippen molar-refractivity contribution >= 4 is 10.8 Å². The molecule has 0 fully saturated rings. The predicted molar refractivity (Wildman–Crippen MR) is 73.7 cm³/mol. The average molecular weight is 228 g/mol. The molecule has 1 heteroatoms. The van der Waals surface area contributed by atoms with Crippen LogP contribution in [0, 0.1) is 0 Å². The molecule has 2 rings (SSSR count). The summed E-state index contributed by atoms with van der Waals surface area (Å²) in [6, 6.07) is 12.9. The van der Waals surface area contributed by atoms with Crippen LogP contribution in [0.25, 0.3) is 10.8 Å². The van der Waals surface area contributed by atoms with Crippen molar-refractivity contribution in [3.8, 4) is 5.75 Å². The molecule has 0 heterocycles. The largest absolute Gasteiger partial charge is 0.494 e. The highest BCUT2D eigenvalue weighted by molar-refractivity contribution is 5.87. The zero-order chi connectivity index (χ0) is 12.1. The molecule has 17 heavy (non-hydrogen) atoms. The Morgan fingerprint density at radius 1 is 1.06 bits per heavy atom. The van der Waals surface area contributed by atoms with Crippen molar-refractivity contribution in [2.75, 3.05) is 6.61 Å². The summed E-state index contributed by atoms with van der Waals surface area (Å²) in [6.07, 6.45) is 3.36. The van der Waals surface area contributed by atoms with Gasteiger partial charge in [0.2, 0.25) is 0 Å². The van der Waals surface area contributed by atoms with Crippen LogP contribution in [0.4, 0.5) is 0 Å². The van der Waals surface area contributed by atoms with E-state index < -0.39 is 0 Å². The lowest BCUT2D eigenvalue weighted by molar-refractivity contribution is 0.310. The fraction of sp³-hybridized carbons (Fsp3) is 0.375. The molecule has 0 aliphatic carbocycles. The van der Waals surface area contributed by atoms with Crippen molar-refractivity contribution in [1.82, 2.24) is 0 Å². The summed E-state index contributed by atoms with van der Waals surface area (Å²) >= 11 is 0. The number of benzene rings is 2. The van der Waals surface area contributed by atoms with Crippen LogP contribution in [-0.2, 0) is 6.42 Å². The molecule has 2 aromatic rings. The molecule has 0 unspecified atom stereocenters. The fourth-order valence-electron chi connectivity index (χ4n) is 2.05. The van der Waals surface area contributed by atoms with E-state index >= 15 is 0 Å². The third-order valence-electron chi connectivity index (χ3n) is 3.09. The van der Waals surface area contributed by atoms with Gasteiger partial charge in [0.05, 0.1) is 6.61 Å². The van der Waals surface area contributed by atoms with Crippen LogP contribution in [0.2, 0.25) is 0 Å². The standard InChI is InChI=1S/C16H20O/c1-3-5-11-17-15-10-9-14-8-6-7-13(4-2)16(14)12-15/h6-10,12H,3-5,11H2,1-2H3. The number of fused-ring (bicyclic) bond motifs is 1. The van der Waals surface area contributed by atoms with E-state index in [-0.39, 0.29) is 0 Å². The normalized spacial score (nSPS) is 10.7. The van der Waals surface area contributed by atoms with Crippen LogP contribution in [-0.4, -0.2) is 6.61 Å². The molecule has 0 saturated heterocycles. The molecule has 0 bridgehead atoms. The van der Waals surface area contributed by atoms with Crippen LogP contribution < -0.4 is 4.74 Å². The Balaban J connectivity index is 2.28. The van der Waals surface area contributed by atoms with Crippen molar-refractivity contribution < 1.29 is 4.74 Å². The molecule has 1 nitrogen and oxygen atoms in total. The Morgan fingerprint density at radius 3 is 2.71 bits per heavy atom. The number of unbranched alkanes of at least 4 members (excludes halogenated alkanes) is 1. The molecule has 0 saturated carbocycles. The van der Waals surface area contributed by atoms with E-state index in [0.29, 0.717) is 0 Å². The first-order valence-electron chi connectivity index (χ1n) is 6.49. The Labute approximate surface area is 103 Å². The molecule has 0 radical (unpaired) electrons.